The van der Waals surface area contributed by atoms with E-state index in [-0.39, 0.29) is 17.9 Å². The molecule has 1 aromatic heterocycles. The fourth-order valence-corrected chi connectivity index (χ4v) is 5.37. The third-order valence-corrected chi connectivity index (χ3v) is 7.25. The van der Waals surface area contributed by atoms with Crippen molar-refractivity contribution >= 4 is 28.8 Å². The second-order valence-corrected chi connectivity index (χ2v) is 10.0. The summed E-state index contributed by atoms with van der Waals surface area (Å²) in [5, 5.41) is 2.02. The lowest BCUT2D eigenvalue weighted by Gasteiger charge is -2.43. The van der Waals surface area contributed by atoms with Crippen molar-refractivity contribution in [1.29, 1.82) is 0 Å². The predicted molar refractivity (Wildman–Crippen MR) is 131 cm³/mol. The molecule has 2 amide bonds. The van der Waals surface area contributed by atoms with Crippen LogP contribution in [-0.4, -0.2) is 30.3 Å². The molecule has 166 valence electrons. The second-order valence-electron chi connectivity index (χ2n) is 9.04. The maximum Gasteiger partial charge on any atom is 0.254 e. The van der Waals surface area contributed by atoms with Crippen LogP contribution in [0.1, 0.15) is 57.7 Å². The Labute approximate surface area is 194 Å². The zero-order valence-corrected chi connectivity index (χ0v) is 20.1. The van der Waals surface area contributed by atoms with Crippen LogP contribution < -0.4 is 4.90 Å². The van der Waals surface area contributed by atoms with Gasteiger partial charge in [-0.3, -0.25) is 9.59 Å². The van der Waals surface area contributed by atoms with Gasteiger partial charge in [-0.25, -0.2) is 0 Å². The number of benzene rings is 2. The lowest BCUT2D eigenvalue weighted by atomic mass is 9.80. The molecule has 0 bridgehead atoms. The van der Waals surface area contributed by atoms with E-state index < -0.39 is 5.92 Å². The second kappa shape index (κ2) is 8.91. The van der Waals surface area contributed by atoms with E-state index in [4.69, 9.17) is 0 Å². The van der Waals surface area contributed by atoms with Crippen molar-refractivity contribution < 1.29 is 9.59 Å². The monoisotopic (exact) mass is 446 g/mol. The lowest BCUT2D eigenvalue weighted by molar-refractivity contribution is -0.121. The molecule has 5 heteroatoms. The average Bonchev–Trinajstić information content (AvgIpc) is 3.30. The van der Waals surface area contributed by atoms with Gasteiger partial charge in [-0.05, 0) is 66.1 Å². The van der Waals surface area contributed by atoms with Gasteiger partial charge >= 0.3 is 0 Å². The number of carbonyl (C=O) groups excluding carboxylic acids is 2. The lowest BCUT2D eigenvalue weighted by Crippen LogP contribution is -2.48. The van der Waals surface area contributed by atoms with Crippen molar-refractivity contribution in [3.63, 3.8) is 0 Å². The van der Waals surface area contributed by atoms with Crippen LogP contribution in [0.15, 0.2) is 60.0 Å². The number of rotatable bonds is 5. The Morgan fingerprint density at radius 1 is 1.06 bits per heavy atom. The molecule has 0 radical (unpaired) electrons. The quantitative estimate of drug-likeness (QED) is 0.485. The summed E-state index contributed by atoms with van der Waals surface area (Å²) >= 11 is 1.61. The maximum absolute atomic E-state index is 14.1. The molecule has 0 spiro atoms. The summed E-state index contributed by atoms with van der Waals surface area (Å²) in [4.78, 5) is 32.3. The standard InChI is InChI=1S/C27H30N2O2S/c1-17(2)16-29-25(23-11-8-14-32-23)24(21-9-6-7-10-22(21)26(29)30)27(31)28(5)20-13-12-18(3)19(4)15-20/h6-15,17,24-25H,16H2,1-5H3/t24-,25+/m1/s1. The third kappa shape index (κ3) is 3.97. The minimum Gasteiger partial charge on any atom is -0.329 e. The molecule has 1 aliphatic heterocycles. The van der Waals surface area contributed by atoms with E-state index in [1.807, 2.05) is 59.8 Å². The summed E-state index contributed by atoms with van der Waals surface area (Å²) in [7, 11) is 1.84. The number of carbonyl (C=O) groups is 2. The number of aryl methyl sites for hydroxylation is 2. The number of hydrogen-bond acceptors (Lipinski definition) is 3. The Hall–Kier alpha value is -2.92. The summed E-state index contributed by atoms with van der Waals surface area (Å²) in [6, 6.07) is 17.4. The number of anilines is 1. The van der Waals surface area contributed by atoms with Gasteiger partial charge in [-0.1, -0.05) is 44.2 Å². The molecule has 0 aliphatic carbocycles. The highest BCUT2D eigenvalue weighted by Gasteiger charge is 2.45. The molecule has 2 atom stereocenters. The summed E-state index contributed by atoms with van der Waals surface area (Å²) in [6.45, 7) is 8.95. The topological polar surface area (TPSA) is 40.6 Å². The Morgan fingerprint density at radius 2 is 1.81 bits per heavy atom. The van der Waals surface area contributed by atoms with E-state index in [0.717, 1.165) is 21.7 Å². The predicted octanol–water partition coefficient (Wildman–Crippen LogP) is 5.96. The molecule has 0 unspecified atom stereocenters. The number of hydrogen-bond donors (Lipinski definition) is 0. The number of fused-ring (bicyclic) bond motifs is 1. The van der Waals surface area contributed by atoms with Gasteiger partial charge < -0.3 is 9.80 Å². The first-order chi connectivity index (χ1) is 15.3. The van der Waals surface area contributed by atoms with Crippen molar-refractivity contribution in [1.82, 2.24) is 4.90 Å². The molecule has 0 fully saturated rings. The third-order valence-electron chi connectivity index (χ3n) is 6.31. The number of nitrogens with zero attached hydrogens (tertiary/aromatic N) is 2. The number of thiophene rings is 1. The van der Waals surface area contributed by atoms with Crippen LogP contribution in [-0.2, 0) is 4.79 Å². The fourth-order valence-electron chi connectivity index (χ4n) is 4.50. The molecule has 1 aliphatic rings. The van der Waals surface area contributed by atoms with Gasteiger partial charge in [0.05, 0.1) is 12.0 Å². The van der Waals surface area contributed by atoms with Gasteiger partial charge in [-0.2, -0.15) is 0 Å². The summed E-state index contributed by atoms with van der Waals surface area (Å²) in [6.07, 6.45) is 0. The highest BCUT2D eigenvalue weighted by Crippen LogP contribution is 2.45. The van der Waals surface area contributed by atoms with Crippen molar-refractivity contribution in [2.24, 2.45) is 5.92 Å². The van der Waals surface area contributed by atoms with E-state index in [1.54, 1.807) is 16.2 Å². The van der Waals surface area contributed by atoms with E-state index >= 15 is 0 Å². The minimum atomic E-state index is -0.465. The van der Waals surface area contributed by atoms with E-state index in [9.17, 15) is 9.59 Å². The molecule has 2 aromatic carbocycles. The van der Waals surface area contributed by atoms with E-state index in [1.165, 1.54) is 5.56 Å². The highest BCUT2D eigenvalue weighted by atomic mass is 32.1. The van der Waals surface area contributed by atoms with Crippen LogP contribution >= 0.6 is 11.3 Å². The summed E-state index contributed by atoms with van der Waals surface area (Å²) in [5.74, 6) is -0.168. The number of amides is 2. The van der Waals surface area contributed by atoms with Gasteiger partial charge in [0, 0.05) is 29.7 Å². The average molecular weight is 447 g/mol. The van der Waals surface area contributed by atoms with Crippen LogP contribution in [0, 0.1) is 19.8 Å². The first-order valence-electron chi connectivity index (χ1n) is 11.1. The van der Waals surface area contributed by atoms with Crippen molar-refractivity contribution in [3.8, 4) is 0 Å². The summed E-state index contributed by atoms with van der Waals surface area (Å²) < 4.78 is 0. The van der Waals surface area contributed by atoms with Crippen LogP contribution in [0.25, 0.3) is 0 Å². The molecule has 32 heavy (non-hydrogen) atoms. The van der Waals surface area contributed by atoms with E-state index in [0.29, 0.717) is 18.0 Å². The van der Waals surface area contributed by atoms with Crippen LogP contribution in [0.3, 0.4) is 0 Å². The molecular formula is C27H30N2O2S. The highest BCUT2D eigenvalue weighted by molar-refractivity contribution is 7.10. The molecule has 0 saturated heterocycles. The normalized spacial score (nSPS) is 18.1. The van der Waals surface area contributed by atoms with Crippen molar-refractivity contribution in [2.45, 2.75) is 39.7 Å². The largest absolute Gasteiger partial charge is 0.329 e. The zero-order valence-electron chi connectivity index (χ0n) is 19.3. The maximum atomic E-state index is 14.1. The van der Waals surface area contributed by atoms with Gasteiger partial charge in [0.1, 0.15) is 0 Å². The fraction of sp³-hybridized carbons (Fsp3) is 0.333. The Kier molecular flexibility index (Phi) is 6.20. The van der Waals surface area contributed by atoms with Crippen LogP contribution in [0.2, 0.25) is 0 Å². The molecule has 0 saturated carbocycles. The van der Waals surface area contributed by atoms with Crippen LogP contribution in [0.5, 0.6) is 0 Å². The van der Waals surface area contributed by atoms with Gasteiger partial charge in [0.15, 0.2) is 0 Å². The molecule has 0 N–H and O–H groups in total. The smallest absolute Gasteiger partial charge is 0.254 e. The minimum absolute atomic E-state index is 0.000333. The van der Waals surface area contributed by atoms with Crippen molar-refractivity contribution in [2.75, 3.05) is 18.5 Å². The zero-order chi connectivity index (χ0) is 23.0. The molecule has 3 aromatic rings. The Balaban J connectivity index is 1.85. The molecule has 2 heterocycles. The first kappa shape index (κ1) is 22.3. The molecular weight excluding hydrogens is 416 g/mol. The molecule has 4 rings (SSSR count). The van der Waals surface area contributed by atoms with Gasteiger partial charge in [0.2, 0.25) is 5.91 Å². The van der Waals surface area contributed by atoms with Crippen molar-refractivity contribution in [3.05, 3.63) is 87.1 Å². The SMILES string of the molecule is Cc1ccc(N(C)C(=O)[C@@H]2c3ccccc3C(=O)N(CC(C)C)[C@H]2c2cccs2)cc1C. The summed E-state index contributed by atoms with van der Waals surface area (Å²) in [5.41, 5.74) is 4.66. The Bertz CT molecular complexity index is 1140. The van der Waals surface area contributed by atoms with Gasteiger partial charge in [0.25, 0.3) is 5.91 Å². The first-order valence-corrected chi connectivity index (χ1v) is 12.0. The number of likely N-dealkylation sites (N-methyl/N-ethyl adjacent to an activating group) is 1. The molecule has 4 nitrogen and oxygen atoms in total. The van der Waals surface area contributed by atoms with Crippen LogP contribution in [0.4, 0.5) is 5.69 Å². The Morgan fingerprint density at radius 3 is 2.47 bits per heavy atom. The van der Waals surface area contributed by atoms with Gasteiger partial charge in [-0.15, -0.1) is 11.3 Å². The van der Waals surface area contributed by atoms with E-state index in [2.05, 4.69) is 39.8 Å².